The van der Waals surface area contributed by atoms with E-state index in [0.717, 1.165) is 47.3 Å². The molecule has 0 unspecified atom stereocenters. The molecule has 1 N–H and O–H groups in total. The van der Waals surface area contributed by atoms with E-state index in [1.165, 1.54) is 0 Å². The van der Waals surface area contributed by atoms with Gasteiger partial charge in [0.2, 0.25) is 0 Å². The Morgan fingerprint density at radius 2 is 2.16 bits per heavy atom. The highest BCUT2D eigenvalue weighted by atomic mass is 16.3. The molecule has 0 radical (unpaired) electrons. The lowest BCUT2D eigenvalue weighted by atomic mass is 10.1. The van der Waals surface area contributed by atoms with Crippen LogP contribution < -0.4 is 0 Å². The molecule has 11 nitrogen and oxygen atoms in total. The van der Waals surface area contributed by atoms with Crippen LogP contribution in [0.4, 0.5) is 5.69 Å². The van der Waals surface area contributed by atoms with Gasteiger partial charge in [0.25, 0.3) is 6.47 Å². The van der Waals surface area contributed by atoms with Crippen LogP contribution in [0.3, 0.4) is 0 Å². The summed E-state index contributed by atoms with van der Waals surface area (Å²) in [5.41, 5.74) is 3.33. The van der Waals surface area contributed by atoms with E-state index in [1.54, 1.807) is 10.9 Å². The quantitative estimate of drug-likeness (QED) is 0.396. The van der Waals surface area contributed by atoms with Gasteiger partial charge in [0.15, 0.2) is 11.5 Å². The van der Waals surface area contributed by atoms with E-state index < -0.39 is 0 Å². The zero-order valence-corrected chi connectivity index (χ0v) is 17.2. The van der Waals surface area contributed by atoms with Crippen molar-refractivity contribution in [2.45, 2.75) is 25.9 Å². The second-order valence-corrected chi connectivity index (χ2v) is 7.38. The molecule has 0 saturated carbocycles. The predicted octanol–water partition coefficient (Wildman–Crippen LogP) is 2.06. The van der Waals surface area contributed by atoms with Crippen molar-refractivity contribution in [3.05, 3.63) is 47.5 Å². The third kappa shape index (κ3) is 3.93. The smallest absolute Gasteiger partial charge is 0.290 e. The van der Waals surface area contributed by atoms with E-state index in [9.17, 15) is 0 Å². The molecule has 11 heteroatoms. The third-order valence-corrected chi connectivity index (χ3v) is 5.27. The summed E-state index contributed by atoms with van der Waals surface area (Å²) in [5, 5.41) is 20.3. The highest BCUT2D eigenvalue weighted by molar-refractivity contribution is 6.03. The molecule has 0 spiro atoms. The average Bonchev–Trinajstić information content (AvgIpc) is 3.46. The first-order valence-corrected chi connectivity index (χ1v) is 9.72. The number of tetrazole rings is 1. The standard InChI is InChI=1S/C19H19N9.CH2O2/c1-12-23-25-27(24-12)11-18-22-17-9-21-16-5-4-13(20-2)8-15(16)19(17)28(18)14-6-7-26(3)10-14;2-1-3/h4-5,8-9,14H,6-7,10-11H2,1,3H3;1H,(H,2,3)/t14-;/m1./s1. The van der Waals surface area contributed by atoms with Crippen molar-refractivity contribution in [1.82, 2.24) is 39.6 Å². The van der Waals surface area contributed by atoms with Gasteiger partial charge in [0, 0.05) is 18.0 Å². The summed E-state index contributed by atoms with van der Waals surface area (Å²) >= 11 is 0. The number of imidazole rings is 1. The normalized spacial score (nSPS) is 16.2. The fourth-order valence-corrected chi connectivity index (χ4v) is 4.03. The van der Waals surface area contributed by atoms with Crippen LogP contribution in [0.2, 0.25) is 0 Å². The summed E-state index contributed by atoms with van der Waals surface area (Å²) in [6, 6.07) is 5.93. The predicted molar refractivity (Wildman–Crippen MR) is 113 cm³/mol. The van der Waals surface area contributed by atoms with Gasteiger partial charge < -0.3 is 14.6 Å². The summed E-state index contributed by atoms with van der Waals surface area (Å²) in [6.45, 7) is 11.4. The van der Waals surface area contributed by atoms with E-state index in [4.69, 9.17) is 21.5 Å². The van der Waals surface area contributed by atoms with Crippen molar-refractivity contribution in [2.75, 3.05) is 20.1 Å². The van der Waals surface area contributed by atoms with Crippen molar-refractivity contribution in [2.24, 2.45) is 0 Å². The summed E-state index contributed by atoms with van der Waals surface area (Å²) in [4.78, 5) is 25.3. The molecule has 1 aliphatic rings. The van der Waals surface area contributed by atoms with Gasteiger partial charge in [-0.25, -0.2) is 9.83 Å². The Balaban J connectivity index is 0.000000730. The zero-order valence-electron chi connectivity index (χ0n) is 17.2. The molecule has 5 rings (SSSR count). The Morgan fingerprint density at radius 1 is 1.35 bits per heavy atom. The maximum Gasteiger partial charge on any atom is 0.290 e. The first-order valence-electron chi connectivity index (χ1n) is 9.72. The number of aryl methyl sites for hydroxylation is 1. The molecule has 0 bridgehead atoms. The molecule has 1 atom stereocenters. The summed E-state index contributed by atoms with van der Waals surface area (Å²) < 4.78 is 2.30. The zero-order chi connectivity index (χ0) is 22.0. The summed E-state index contributed by atoms with van der Waals surface area (Å²) in [6.07, 6.45) is 2.86. The Hall–Kier alpha value is -3.91. The van der Waals surface area contributed by atoms with Gasteiger partial charge in [-0.3, -0.25) is 9.78 Å². The number of likely N-dealkylation sites (N-methyl/N-ethyl adjacent to an activating group) is 1. The number of carboxylic acid groups (broad SMARTS) is 1. The number of pyridine rings is 1. The fraction of sp³-hybridized carbons (Fsp3) is 0.350. The number of hydrogen-bond donors (Lipinski definition) is 1. The highest BCUT2D eigenvalue weighted by Gasteiger charge is 2.27. The average molecular weight is 419 g/mol. The van der Waals surface area contributed by atoms with Crippen molar-refractivity contribution in [3.63, 3.8) is 0 Å². The number of nitrogens with zero attached hydrogens (tertiary/aromatic N) is 9. The second-order valence-electron chi connectivity index (χ2n) is 7.38. The Labute approximate surface area is 177 Å². The maximum atomic E-state index is 8.36. The van der Waals surface area contributed by atoms with Crippen LogP contribution >= 0.6 is 0 Å². The van der Waals surface area contributed by atoms with Crippen molar-refractivity contribution in [1.29, 1.82) is 0 Å². The third-order valence-electron chi connectivity index (χ3n) is 5.27. The van der Waals surface area contributed by atoms with Gasteiger partial charge in [-0.1, -0.05) is 6.07 Å². The minimum Gasteiger partial charge on any atom is -0.483 e. The number of aromatic nitrogens is 7. The Morgan fingerprint density at radius 3 is 2.81 bits per heavy atom. The lowest BCUT2D eigenvalue weighted by molar-refractivity contribution is -0.122. The number of hydrogen-bond acceptors (Lipinski definition) is 7. The monoisotopic (exact) mass is 419 g/mol. The Kier molecular flexibility index (Phi) is 5.55. The van der Waals surface area contributed by atoms with Crippen molar-refractivity contribution >= 4 is 34.1 Å². The van der Waals surface area contributed by atoms with E-state index in [2.05, 4.69) is 41.8 Å². The van der Waals surface area contributed by atoms with Crippen LogP contribution in [-0.2, 0) is 11.3 Å². The maximum absolute atomic E-state index is 8.36. The molecule has 1 aliphatic heterocycles. The molecule has 1 fully saturated rings. The first kappa shape index (κ1) is 20.4. The van der Waals surface area contributed by atoms with Gasteiger partial charge in [-0.2, -0.15) is 4.80 Å². The van der Waals surface area contributed by atoms with Crippen LogP contribution in [0.25, 0.3) is 26.8 Å². The van der Waals surface area contributed by atoms with Crippen LogP contribution in [0, 0.1) is 13.5 Å². The van der Waals surface area contributed by atoms with Gasteiger partial charge in [-0.15, -0.1) is 10.2 Å². The largest absolute Gasteiger partial charge is 0.483 e. The van der Waals surface area contributed by atoms with E-state index in [1.807, 2.05) is 25.3 Å². The van der Waals surface area contributed by atoms with Crippen LogP contribution in [-0.4, -0.2) is 71.4 Å². The molecule has 0 amide bonds. The molecule has 1 saturated heterocycles. The van der Waals surface area contributed by atoms with Gasteiger partial charge in [0.1, 0.15) is 17.9 Å². The van der Waals surface area contributed by atoms with Crippen LogP contribution in [0.15, 0.2) is 24.4 Å². The lowest BCUT2D eigenvalue weighted by Crippen LogP contribution is -2.19. The summed E-state index contributed by atoms with van der Waals surface area (Å²) in [7, 11) is 2.14. The molecule has 1 aromatic carbocycles. The number of rotatable bonds is 3. The number of carbonyl (C=O) groups is 1. The van der Waals surface area contributed by atoms with Crippen molar-refractivity contribution in [3.8, 4) is 0 Å². The summed E-state index contributed by atoms with van der Waals surface area (Å²) in [5.74, 6) is 1.52. The fourth-order valence-electron chi connectivity index (χ4n) is 4.03. The molecule has 3 aromatic heterocycles. The minimum absolute atomic E-state index is 0.250. The van der Waals surface area contributed by atoms with Gasteiger partial charge in [-0.05, 0) is 44.3 Å². The van der Waals surface area contributed by atoms with E-state index in [-0.39, 0.29) is 6.47 Å². The van der Waals surface area contributed by atoms with Crippen LogP contribution in [0.5, 0.6) is 0 Å². The molecular weight excluding hydrogens is 398 g/mol. The van der Waals surface area contributed by atoms with E-state index in [0.29, 0.717) is 24.1 Å². The Bertz CT molecular complexity index is 1290. The molecule has 31 heavy (non-hydrogen) atoms. The van der Waals surface area contributed by atoms with Gasteiger partial charge in [0.05, 0.1) is 23.8 Å². The second kappa shape index (κ2) is 8.45. The first-order chi connectivity index (χ1) is 15.0. The van der Waals surface area contributed by atoms with E-state index >= 15 is 0 Å². The molecule has 158 valence electrons. The minimum atomic E-state index is -0.250. The SMILES string of the molecule is O=CO.[C-]#[N+]c1ccc2ncc3nc(Cn4nnc(C)n4)n([C@@H]4CCN(C)C4)c3c2c1. The number of fused-ring (bicyclic) bond motifs is 3. The van der Waals surface area contributed by atoms with Crippen LogP contribution in [0.1, 0.15) is 24.1 Å². The van der Waals surface area contributed by atoms with Crippen molar-refractivity contribution < 1.29 is 9.90 Å². The lowest BCUT2D eigenvalue weighted by Gasteiger charge is -2.17. The highest BCUT2D eigenvalue weighted by Crippen LogP contribution is 2.33. The molecule has 0 aliphatic carbocycles. The molecule has 4 aromatic rings. The van der Waals surface area contributed by atoms with Gasteiger partial charge >= 0.3 is 0 Å². The molecule has 4 heterocycles. The molecular formula is C20H21N9O2. The topological polar surface area (TPSA) is 119 Å². The number of likely N-dealkylation sites (tertiary alicyclic amines) is 1. The number of benzene rings is 1.